The van der Waals surface area contributed by atoms with Crippen LogP contribution in [0.2, 0.25) is 0 Å². The first-order valence-electron chi connectivity index (χ1n) is 8.71. The fourth-order valence-electron chi connectivity index (χ4n) is 2.69. The number of aromatic nitrogens is 2. The largest absolute Gasteiger partial charge is 0.497 e. The van der Waals surface area contributed by atoms with Crippen LogP contribution in [0.1, 0.15) is 5.69 Å². The second kappa shape index (κ2) is 8.49. The van der Waals surface area contributed by atoms with Crippen LogP contribution >= 0.6 is 0 Å². The number of carbonyl (C=O) groups excluding carboxylic acids is 1. The van der Waals surface area contributed by atoms with Gasteiger partial charge in [0.2, 0.25) is 10.0 Å². The van der Waals surface area contributed by atoms with Gasteiger partial charge in [-0.25, -0.2) is 23.3 Å². The number of methoxy groups -OCH3 is 1. The summed E-state index contributed by atoms with van der Waals surface area (Å²) in [5.74, 6) is 0.0899. The van der Waals surface area contributed by atoms with Crippen molar-refractivity contribution in [3.8, 4) is 22.7 Å². The Bertz CT molecular complexity index is 1180. The Balaban J connectivity index is 2.08. The molecule has 9 nitrogen and oxygen atoms in total. The Kier molecular flexibility index (Phi) is 6.01. The highest BCUT2D eigenvalue weighted by molar-refractivity contribution is 7.89. The van der Waals surface area contributed by atoms with Gasteiger partial charge in [0.15, 0.2) is 0 Å². The van der Waals surface area contributed by atoms with Crippen molar-refractivity contribution in [2.24, 2.45) is 5.14 Å². The van der Waals surface area contributed by atoms with E-state index >= 15 is 0 Å². The average molecular weight is 428 g/mol. The zero-order valence-corrected chi connectivity index (χ0v) is 17.1. The molecule has 0 aliphatic carbocycles. The molecular weight excluding hydrogens is 408 g/mol. The van der Waals surface area contributed by atoms with E-state index in [4.69, 9.17) is 9.88 Å². The third-order valence-electron chi connectivity index (χ3n) is 4.24. The average Bonchev–Trinajstić information content (AvgIpc) is 3.15. The number of benzene rings is 2. The minimum absolute atomic E-state index is 0.0129. The van der Waals surface area contributed by atoms with Gasteiger partial charge in [-0.3, -0.25) is 10.0 Å². The van der Waals surface area contributed by atoms with Gasteiger partial charge in [-0.15, -0.1) is 0 Å². The van der Waals surface area contributed by atoms with Gasteiger partial charge >= 0.3 is 0 Å². The number of amides is 1. The van der Waals surface area contributed by atoms with Crippen molar-refractivity contribution in [2.45, 2.75) is 4.90 Å². The van der Waals surface area contributed by atoms with Gasteiger partial charge in [0.1, 0.15) is 5.75 Å². The van der Waals surface area contributed by atoms with Gasteiger partial charge in [0.25, 0.3) is 5.91 Å². The number of hydroxylamine groups is 2. The Morgan fingerprint density at radius 3 is 2.33 bits per heavy atom. The lowest BCUT2D eigenvalue weighted by molar-refractivity contribution is -0.153. The number of nitrogens with zero attached hydrogens (tertiary/aromatic N) is 3. The molecule has 1 heterocycles. The summed E-state index contributed by atoms with van der Waals surface area (Å²) in [5, 5.41) is 19.3. The Morgan fingerprint density at radius 2 is 1.80 bits per heavy atom. The first-order valence-corrected chi connectivity index (χ1v) is 10.3. The van der Waals surface area contributed by atoms with Crippen LogP contribution < -0.4 is 9.88 Å². The highest BCUT2D eigenvalue weighted by Gasteiger charge is 2.13. The number of likely N-dealkylation sites (N-methyl/N-ethyl adjacent to an activating group) is 1. The number of sulfonamides is 1. The third-order valence-corrected chi connectivity index (χ3v) is 5.17. The summed E-state index contributed by atoms with van der Waals surface area (Å²) in [6, 6.07) is 15.0. The van der Waals surface area contributed by atoms with E-state index in [0.717, 1.165) is 5.56 Å². The molecule has 0 aliphatic heterocycles. The quantitative estimate of drug-likeness (QED) is 0.351. The fraction of sp³-hybridized carbons (Fsp3) is 0.100. The summed E-state index contributed by atoms with van der Waals surface area (Å²) in [6.45, 7) is 0. The van der Waals surface area contributed by atoms with E-state index in [0.29, 0.717) is 27.9 Å². The van der Waals surface area contributed by atoms with Crippen LogP contribution in [0.15, 0.2) is 65.6 Å². The summed E-state index contributed by atoms with van der Waals surface area (Å²) in [5.41, 5.74) is 2.58. The normalized spacial score (nSPS) is 11.6. The molecule has 0 atom stereocenters. The molecule has 0 aliphatic rings. The molecule has 0 fully saturated rings. The van der Waals surface area contributed by atoms with E-state index < -0.39 is 15.9 Å². The topological polar surface area (TPSA) is 128 Å². The van der Waals surface area contributed by atoms with Crippen molar-refractivity contribution >= 4 is 22.0 Å². The Hall–Kier alpha value is -3.47. The van der Waals surface area contributed by atoms with Crippen molar-refractivity contribution in [2.75, 3.05) is 14.2 Å². The molecule has 2 aromatic carbocycles. The molecule has 0 saturated heterocycles. The molecule has 0 radical (unpaired) electrons. The Morgan fingerprint density at radius 1 is 1.17 bits per heavy atom. The molecule has 0 unspecified atom stereocenters. The maximum atomic E-state index is 11.6. The molecular formula is C20H20N4O5S. The molecule has 10 heteroatoms. The van der Waals surface area contributed by atoms with Gasteiger partial charge in [-0.2, -0.15) is 5.10 Å². The minimum atomic E-state index is -3.81. The summed E-state index contributed by atoms with van der Waals surface area (Å²) >= 11 is 0. The molecule has 30 heavy (non-hydrogen) atoms. The molecule has 1 amide bonds. The van der Waals surface area contributed by atoms with Crippen molar-refractivity contribution in [3.63, 3.8) is 0 Å². The van der Waals surface area contributed by atoms with E-state index in [2.05, 4.69) is 5.10 Å². The number of primary sulfonamides is 1. The van der Waals surface area contributed by atoms with Gasteiger partial charge in [-0.1, -0.05) is 0 Å². The molecule has 3 N–H and O–H groups in total. The molecule has 0 spiro atoms. The second-order valence-electron chi connectivity index (χ2n) is 6.33. The monoisotopic (exact) mass is 428 g/mol. The van der Waals surface area contributed by atoms with E-state index in [1.54, 1.807) is 42.1 Å². The lowest BCUT2D eigenvalue weighted by atomic mass is 10.1. The second-order valence-corrected chi connectivity index (χ2v) is 7.89. The van der Waals surface area contributed by atoms with E-state index in [1.807, 2.05) is 12.1 Å². The number of hydrogen-bond donors (Lipinski definition) is 2. The number of hydrogen-bond acceptors (Lipinski definition) is 6. The maximum absolute atomic E-state index is 11.6. The molecule has 156 valence electrons. The van der Waals surface area contributed by atoms with Crippen LogP contribution in [0.25, 0.3) is 23.0 Å². The summed E-state index contributed by atoms with van der Waals surface area (Å²) < 4.78 is 29.8. The zero-order valence-electron chi connectivity index (χ0n) is 16.3. The molecule has 3 aromatic rings. The van der Waals surface area contributed by atoms with Gasteiger partial charge in [-0.05, 0) is 60.7 Å². The predicted molar refractivity (Wildman–Crippen MR) is 111 cm³/mol. The Labute approximate surface area is 173 Å². The summed E-state index contributed by atoms with van der Waals surface area (Å²) in [4.78, 5) is 11.6. The predicted octanol–water partition coefficient (Wildman–Crippen LogP) is 2.06. The van der Waals surface area contributed by atoms with E-state index in [-0.39, 0.29) is 4.90 Å². The molecule has 0 bridgehead atoms. The SMILES string of the molecule is COc1ccc(-c2cc(C=CC(=O)N(C)O)nn2-c2ccc(S(N)(=O)=O)cc2)cc1. The number of carbonyl (C=O) groups is 1. The highest BCUT2D eigenvalue weighted by atomic mass is 32.2. The lowest BCUT2D eigenvalue weighted by Gasteiger charge is -2.09. The highest BCUT2D eigenvalue weighted by Crippen LogP contribution is 2.27. The summed E-state index contributed by atoms with van der Waals surface area (Å²) in [6.07, 6.45) is 2.66. The van der Waals surface area contributed by atoms with Crippen molar-refractivity contribution in [3.05, 3.63) is 66.4 Å². The lowest BCUT2D eigenvalue weighted by Crippen LogP contribution is -2.19. The van der Waals surface area contributed by atoms with E-state index in [1.165, 1.54) is 31.3 Å². The van der Waals surface area contributed by atoms with Crippen LogP contribution in [0, 0.1) is 0 Å². The van der Waals surface area contributed by atoms with Crippen LogP contribution in [0.4, 0.5) is 0 Å². The van der Waals surface area contributed by atoms with Crippen LogP contribution in [-0.4, -0.2) is 48.5 Å². The van der Waals surface area contributed by atoms with Gasteiger partial charge < -0.3 is 4.74 Å². The fourth-order valence-corrected chi connectivity index (χ4v) is 3.20. The smallest absolute Gasteiger partial charge is 0.269 e. The van der Waals surface area contributed by atoms with Crippen molar-refractivity contribution in [1.29, 1.82) is 0 Å². The third kappa shape index (κ3) is 4.74. The van der Waals surface area contributed by atoms with Crippen molar-refractivity contribution in [1.82, 2.24) is 14.8 Å². The first kappa shape index (κ1) is 21.2. The number of nitrogens with two attached hydrogens (primary N) is 1. The minimum Gasteiger partial charge on any atom is -0.497 e. The van der Waals surface area contributed by atoms with Crippen LogP contribution in [0.3, 0.4) is 0 Å². The van der Waals surface area contributed by atoms with E-state index in [9.17, 15) is 18.4 Å². The standard InChI is InChI=1S/C20H20N4O5S/c1-23(26)20(25)12-5-15-13-19(14-3-8-17(29-2)9-4-14)24(22-15)16-6-10-18(11-7-16)30(21,27)28/h3-13,26H,1-2H3,(H2,21,27,28). The number of rotatable bonds is 6. The maximum Gasteiger partial charge on any atom is 0.269 e. The van der Waals surface area contributed by atoms with Crippen molar-refractivity contribution < 1.29 is 23.2 Å². The summed E-state index contributed by atoms with van der Waals surface area (Å²) in [7, 11) is -1.02. The van der Waals surface area contributed by atoms with Gasteiger partial charge in [0, 0.05) is 18.7 Å². The zero-order chi connectivity index (χ0) is 21.9. The van der Waals surface area contributed by atoms with Gasteiger partial charge in [0.05, 0.1) is 29.1 Å². The van der Waals surface area contributed by atoms with Crippen LogP contribution in [0.5, 0.6) is 5.75 Å². The molecule has 0 saturated carbocycles. The molecule has 3 rings (SSSR count). The first-order chi connectivity index (χ1) is 14.2. The molecule has 1 aromatic heterocycles. The van der Waals surface area contributed by atoms with Crippen LogP contribution in [-0.2, 0) is 14.8 Å². The number of ether oxygens (including phenoxy) is 1.